The maximum Gasteiger partial charge on any atom is 0.387 e. The highest BCUT2D eigenvalue weighted by Gasteiger charge is 2.09. The van der Waals surface area contributed by atoms with Gasteiger partial charge in [0.25, 0.3) is 0 Å². The van der Waals surface area contributed by atoms with Crippen LogP contribution < -0.4 is 10.1 Å². The first-order valence-electron chi connectivity index (χ1n) is 5.49. The van der Waals surface area contributed by atoms with Crippen molar-refractivity contribution in [3.8, 4) is 5.75 Å². The molecule has 0 fully saturated rings. The van der Waals surface area contributed by atoms with Crippen LogP contribution in [0.4, 0.5) is 8.78 Å². The predicted octanol–water partition coefficient (Wildman–Crippen LogP) is 2.92. The maximum atomic E-state index is 12.1. The summed E-state index contributed by atoms with van der Waals surface area (Å²) in [5, 5.41) is 2.62. The van der Waals surface area contributed by atoms with Crippen LogP contribution in [0.2, 0.25) is 0 Å². The van der Waals surface area contributed by atoms with Crippen LogP contribution >= 0.6 is 11.6 Å². The lowest BCUT2D eigenvalue weighted by molar-refractivity contribution is -0.121. The summed E-state index contributed by atoms with van der Waals surface area (Å²) in [5.74, 6) is 0.325. The van der Waals surface area contributed by atoms with E-state index in [0.717, 1.165) is 0 Å². The second kappa shape index (κ2) is 7.87. The molecule has 0 saturated carbocycles. The first kappa shape index (κ1) is 14.7. The molecule has 0 unspecified atom stereocenters. The molecular weight excluding hydrogens is 264 g/mol. The Morgan fingerprint density at radius 2 is 2.11 bits per heavy atom. The van der Waals surface area contributed by atoms with Crippen molar-refractivity contribution < 1.29 is 18.3 Å². The second-order valence-electron chi connectivity index (χ2n) is 3.56. The summed E-state index contributed by atoms with van der Waals surface area (Å²) in [6.07, 6.45) is 0.907. The minimum Gasteiger partial charge on any atom is -0.434 e. The SMILES string of the molecule is O=C(CCCCl)NCc1ccccc1OC(F)F. The number of carbonyl (C=O) groups excluding carboxylic acids is 1. The summed E-state index contributed by atoms with van der Waals surface area (Å²) in [5.41, 5.74) is 0.511. The van der Waals surface area contributed by atoms with Crippen LogP contribution in [0.15, 0.2) is 24.3 Å². The average Bonchev–Trinajstić information content (AvgIpc) is 2.34. The summed E-state index contributed by atoms with van der Waals surface area (Å²) in [7, 11) is 0. The van der Waals surface area contributed by atoms with Gasteiger partial charge in [0, 0.05) is 24.4 Å². The molecule has 0 bridgehead atoms. The van der Waals surface area contributed by atoms with Gasteiger partial charge in [0.05, 0.1) is 0 Å². The first-order valence-corrected chi connectivity index (χ1v) is 6.02. The van der Waals surface area contributed by atoms with Gasteiger partial charge >= 0.3 is 6.61 Å². The number of ether oxygens (including phenoxy) is 1. The zero-order chi connectivity index (χ0) is 13.4. The van der Waals surface area contributed by atoms with Gasteiger partial charge < -0.3 is 10.1 Å². The number of carbonyl (C=O) groups is 1. The molecular formula is C12H14ClF2NO2. The van der Waals surface area contributed by atoms with Gasteiger partial charge in [0.15, 0.2) is 0 Å². The Morgan fingerprint density at radius 1 is 1.39 bits per heavy atom. The number of hydrogen-bond acceptors (Lipinski definition) is 2. The van der Waals surface area contributed by atoms with Crippen molar-refractivity contribution in [3.05, 3.63) is 29.8 Å². The first-order chi connectivity index (χ1) is 8.63. The molecule has 0 saturated heterocycles. The largest absolute Gasteiger partial charge is 0.434 e. The smallest absolute Gasteiger partial charge is 0.387 e. The van der Waals surface area contributed by atoms with E-state index in [-0.39, 0.29) is 18.2 Å². The highest BCUT2D eigenvalue weighted by atomic mass is 35.5. The van der Waals surface area contributed by atoms with Crippen molar-refractivity contribution in [1.29, 1.82) is 0 Å². The summed E-state index contributed by atoms with van der Waals surface area (Å²) in [4.78, 5) is 11.4. The highest BCUT2D eigenvalue weighted by Crippen LogP contribution is 2.19. The molecule has 0 aliphatic carbocycles. The van der Waals surface area contributed by atoms with Crippen LogP contribution in [0.1, 0.15) is 18.4 Å². The number of para-hydroxylation sites is 1. The third-order valence-electron chi connectivity index (χ3n) is 2.20. The maximum absolute atomic E-state index is 12.1. The van der Waals surface area contributed by atoms with Gasteiger partial charge in [-0.1, -0.05) is 18.2 Å². The van der Waals surface area contributed by atoms with Crippen molar-refractivity contribution >= 4 is 17.5 Å². The molecule has 0 aromatic heterocycles. The fourth-order valence-electron chi connectivity index (χ4n) is 1.37. The van der Waals surface area contributed by atoms with E-state index in [0.29, 0.717) is 24.3 Å². The Labute approximate surface area is 109 Å². The van der Waals surface area contributed by atoms with E-state index in [1.54, 1.807) is 18.2 Å². The Morgan fingerprint density at radius 3 is 2.78 bits per heavy atom. The van der Waals surface area contributed by atoms with E-state index in [2.05, 4.69) is 10.1 Å². The summed E-state index contributed by atoms with van der Waals surface area (Å²) < 4.78 is 28.6. The summed E-state index contributed by atoms with van der Waals surface area (Å²) >= 11 is 5.46. The summed E-state index contributed by atoms with van der Waals surface area (Å²) in [6, 6.07) is 6.35. The van der Waals surface area contributed by atoms with Crippen LogP contribution in [0.25, 0.3) is 0 Å². The van der Waals surface area contributed by atoms with Crippen LogP contribution in [0, 0.1) is 0 Å². The Bertz CT molecular complexity index is 388. The molecule has 0 heterocycles. The molecule has 1 aromatic carbocycles. The highest BCUT2D eigenvalue weighted by molar-refractivity contribution is 6.17. The number of benzene rings is 1. The van der Waals surface area contributed by atoms with E-state index in [9.17, 15) is 13.6 Å². The molecule has 0 radical (unpaired) electrons. The Balaban J connectivity index is 2.53. The van der Waals surface area contributed by atoms with Gasteiger partial charge in [-0.05, 0) is 12.5 Å². The average molecular weight is 278 g/mol. The van der Waals surface area contributed by atoms with Gasteiger partial charge in [0.2, 0.25) is 5.91 Å². The zero-order valence-corrected chi connectivity index (χ0v) is 10.4. The minimum absolute atomic E-state index is 0.0742. The standard InChI is InChI=1S/C12H14ClF2NO2/c13-7-3-6-11(17)16-8-9-4-1-2-5-10(9)18-12(14)15/h1-2,4-5,12H,3,6-8H2,(H,16,17). The fourth-order valence-corrected chi connectivity index (χ4v) is 1.50. The lowest BCUT2D eigenvalue weighted by atomic mass is 10.2. The van der Waals surface area contributed by atoms with Crippen LogP contribution in [-0.4, -0.2) is 18.4 Å². The van der Waals surface area contributed by atoms with E-state index < -0.39 is 6.61 Å². The van der Waals surface area contributed by atoms with Crippen molar-refractivity contribution in [1.82, 2.24) is 5.32 Å². The lowest BCUT2D eigenvalue weighted by Gasteiger charge is -2.11. The second-order valence-corrected chi connectivity index (χ2v) is 3.93. The predicted molar refractivity (Wildman–Crippen MR) is 64.9 cm³/mol. The molecule has 1 rings (SSSR count). The third kappa shape index (κ3) is 5.31. The van der Waals surface area contributed by atoms with Crippen molar-refractivity contribution in [3.63, 3.8) is 0 Å². The molecule has 0 atom stereocenters. The Hall–Kier alpha value is -1.36. The van der Waals surface area contributed by atoms with E-state index in [1.165, 1.54) is 6.07 Å². The Kier molecular flexibility index (Phi) is 6.43. The molecule has 1 aromatic rings. The molecule has 0 aliphatic heterocycles. The van der Waals surface area contributed by atoms with Gasteiger partial charge in [-0.25, -0.2) is 0 Å². The summed E-state index contributed by atoms with van der Waals surface area (Å²) in [6.45, 7) is -2.72. The zero-order valence-electron chi connectivity index (χ0n) is 9.67. The minimum atomic E-state index is -2.88. The van der Waals surface area contributed by atoms with Crippen LogP contribution in [0.5, 0.6) is 5.75 Å². The molecule has 1 N–H and O–H groups in total. The molecule has 0 aliphatic rings. The van der Waals surface area contributed by atoms with Gasteiger partial charge in [-0.15, -0.1) is 11.6 Å². The fraction of sp³-hybridized carbons (Fsp3) is 0.417. The number of rotatable bonds is 7. The number of amides is 1. The number of hydrogen-bond donors (Lipinski definition) is 1. The van der Waals surface area contributed by atoms with Crippen molar-refractivity contribution in [2.24, 2.45) is 0 Å². The van der Waals surface area contributed by atoms with Gasteiger partial charge in [-0.3, -0.25) is 4.79 Å². The van der Waals surface area contributed by atoms with E-state index in [4.69, 9.17) is 11.6 Å². The van der Waals surface area contributed by atoms with Crippen LogP contribution in [0.3, 0.4) is 0 Å². The van der Waals surface area contributed by atoms with Crippen molar-refractivity contribution in [2.75, 3.05) is 5.88 Å². The van der Waals surface area contributed by atoms with E-state index in [1.807, 2.05) is 0 Å². The molecule has 6 heteroatoms. The normalized spacial score (nSPS) is 10.4. The number of nitrogens with one attached hydrogen (secondary N) is 1. The van der Waals surface area contributed by atoms with Crippen molar-refractivity contribution in [2.45, 2.75) is 26.0 Å². The topological polar surface area (TPSA) is 38.3 Å². The van der Waals surface area contributed by atoms with Gasteiger partial charge in [-0.2, -0.15) is 8.78 Å². The molecule has 3 nitrogen and oxygen atoms in total. The molecule has 0 spiro atoms. The number of alkyl halides is 3. The van der Waals surface area contributed by atoms with E-state index >= 15 is 0 Å². The molecule has 18 heavy (non-hydrogen) atoms. The number of halogens is 3. The molecule has 100 valence electrons. The van der Waals surface area contributed by atoms with Crippen LogP contribution in [-0.2, 0) is 11.3 Å². The van der Waals surface area contributed by atoms with Gasteiger partial charge in [0.1, 0.15) is 5.75 Å². The molecule has 1 amide bonds. The quantitative estimate of drug-likeness (QED) is 0.778. The lowest BCUT2D eigenvalue weighted by Crippen LogP contribution is -2.23. The third-order valence-corrected chi connectivity index (χ3v) is 2.47. The monoisotopic (exact) mass is 277 g/mol.